The lowest BCUT2D eigenvalue weighted by atomic mass is 9.76. The van der Waals surface area contributed by atoms with Gasteiger partial charge in [-0.2, -0.15) is 0 Å². The standard InChI is InChI=1S/C42H39NO5.C39H36O4/c1-7-8-21-47-31-16-11-28(12-17-31)42(27-9-14-30(45-5)15-10-27)20-19-33-39-38(32-18-13-29(43-4)23-36(32)41(39,2)3)34-22-26(25-44)37(46-6)24-35(34)40(33)48-42;1-23-7-10-26(11-8-23)39(27-12-14-28(41-5)15-13-27)18-17-30-36-35(29-16-9-24(2)19-33(29)38(36,3)4)31-20-25(22-40)34(42-6)21-32(31)37(30)43-39/h9-20,22-24,44H,7-8,21,25H2,1-3,5-6H3;7-21,40H,22H2,1-6H3. The Balaban J connectivity index is 0.000000167. The van der Waals surface area contributed by atoms with Crippen LogP contribution < -0.4 is 33.2 Å². The number of nitrogens with zero attached hydrogens (tertiary/aromatic N) is 1. The summed E-state index contributed by atoms with van der Waals surface area (Å²) in [4.78, 5) is 3.75. The first-order chi connectivity index (χ1) is 44.0. The van der Waals surface area contributed by atoms with Crippen LogP contribution in [0.3, 0.4) is 0 Å². The van der Waals surface area contributed by atoms with Gasteiger partial charge in [0.15, 0.2) is 16.9 Å². The quantitative estimate of drug-likeness (QED) is 0.0813. The molecule has 2 aliphatic carbocycles. The second-order valence-corrected chi connectivity index (χ2v) is 25.3. The van der Waals surface area contributed by atoms with Gasteiger partial charge in [-0.3, -0.25) is 0 Å². The number of hydrogen-bond acceptors (Lipinski definition) is 9. The van der Waals surface area contributed by atoms with Gasteiger partial charge >= 0.3 is 0 Å². The van der Waals surface area contributed by atoms with Crippen molar-refractivity contribution in [3.05, 3.63) is 259 Å². The van der Waals surface area contributed by atoms with Crippen LogP contribution in [0.25, 0.3) is 60.8 Å². The van der Waals surface area contributed by atoms with Gasteiger partial charge < -0.3 is 43.4 Å². The van der Waals surface area contributed by atoms with Gasteiger partial charge in [-0.1, -0.05) is 161 Å². The minimum Gasteiger partial charge on any atom is -0.497 e. The van der Waals surface area contributed by atoms with Crippen LogP contribution in [0.5, 0.6) is 40.2 Å². The molecule has 458 valence electrons. The zero-order valence-electron chi connectivity index (χ0n) is 53.6. The molecule has 2 atom stereocenters. The first-order valence-electron chi connectivity index (χ1n) is 31.1. The second-order valence-electron chi connectivity index (χ2n) is 25.3. The number of aryl methyl sites for hydroxylation is 2. The van der Waals surface area contributed by atoms with Gasteiger partial charge in [-0.05, 0) is 148 Å². The highest BCUT2D eigenvalue weighted by Gasteiger charge is 2.47. The molecule has 10 heteroatoms. The molecule has 0 spiro atoms. The van der Waals surface area contributed by atoms with Gasteiger partial charge in [-0.15, -0.1) is 0 Å². The van der Waals surface area contributed by atoms with Crippen molar-refractivity contribution >= 4 is 39.4 Å². The van der Waals surface area contributed by atoms with E-state index in [0.717, 1.165) is 124 Å². The SMILES string of the molecule is COc1ccc(C2(c3ccc(C)cc3)C=Cc3c4c(c5cc(CO)c(OC)cc5c3O2)-c2ccc(C)cc2C4(C)C)cc1.[C-]#[N+]c1ccc2c(c1)C(C)(C)c1c3c(c4cc(OC)c(CO)cc4c1-2)OC(c1ccc(OC)cc1)(c1ccc(OCCCC)cc1)C=C3. The summed E-state index contributed by atoms with van der Waals surface area (Å²) >= 11 is 0. The summed E-state index contributed by atoms with van der Waals surface area (Å²) in [6.45, 7) is 23.5. The van der Waals surface area contributed by atoms with Crippen molar-refractivity contribution in [3.63, 3.8) is 0 Å². The number of aliphatic hydroxyl groups excluding tert-OH is 2. The third kappa shape index (κ3) is 9.67. The van der Waals surface area contributed by atoms with Crippen molar-refractivity contribution in [1.29, 1.82) is 0 Å². The molecule has 14 rings (SSSR count). The van der Waals surface area contributed by atoms with Crippen molar-refractivity contribution in [2.45, 2.75) is 96.6 Å². The van der Waals surface area contributed by atoms with E-state index in [-0.39, 0.29) is 18.6 Å². The number of unbranched alkanes of at least 4 members (excludes halogenated alkanes) is 1. The van der Waals surface area contributed by atoms with Crippen molar-refractivity contribution in [3.8, 4) is 62.5 Å². The zero-order valence-corrected chi connectivity index (χ0v) is 53.6. The van der Waals surface area contributed by atoms with E-state index in [1.54, 1.807) is 28.4 Å². The fourth-order valence-electron chi connectivity index (χ4n) is 14.5. The van der Waals surface area contributed by atoms with E-state index in [2.05, 4.69) is 156 Å². The Morgan fingerprint density at radius 1 is 0.473 bits per heavy atom. The normalized spacial score (nSPS) is 17.2. The molecule has 10 aromatic carbocycles. The summed E-state index contributed by atoms with van der Waals surface area (Å²) in [5.74, 6) is 5.16. The summed E-state index contributed by atoms with van der Waals surface area (Å²) < 4.78 is 43.4. The largest absolute Gasteiger partial charge is 0.497 e. The molecule has 0 radical (unpaired) electrons. The summed E-state index contributed by atoms with van der Waals surface area (Å²) in [7, 11) is 6.61. The van der Waals surface area contributed by atoms with Crippen LogP contribution in [0.2, 0.25) is 0 Å². The van der Waals surface area contributed by atoms with Crippen LogP contribution in [-0.4, -0.2) is 45.3 Å². The van der Waals surface area contributed by atoms with E-state index < -0.39 is 16.6 Å². The molecule has 0 amide bonds. The smallest absolute Gasteiger partial charge is 0.187 e. The topological polar surface area (TPSA) is 109 Å². The number of ether oxygens (including phenoxy) is 7. The maximum absolute atomic E-state index is 10.4. The zero-order chi connectivity index (χ0) is 63.7. The van der Waals surface area contributed by atoms with Crippen LogP contribution in [0.1, 0.15) is 125 Å². The maximum atomic E-state index is 10.4. The Morgan fingerprint density at radius 3 is 1.31 bits per heavy atom. The summed E-state index contributed by atoms with van der Waals surface area (Å²) in [5.41, 5.74) is 17.4. The van der Waals surface area contributed by atoms with Gasteiger partial charge in [0.1, 0.15) is 40.2 Å². The first-order valence-corrected chi connectivity index (χ1v) is 31.1. The fraction of sp³-hybridized carbons (Fsp3) is 0.247. The van der Waals surface area contributed by atoms with Crippen molar-refractivity contribution < 1.29 is 43.4 Å². The van der Waals surface area contributed by atoms with E-state index in [1.807, 2.05) is 78.9 Å². The number of fused-ring (bicyclic) bond motifs is 16. The Labute approximate surface area is 533 Å². The lowest BCUT2D eigenvalue weighted by Crippen LogP contribution is -2.35. The summed E-state index contributed by atoms with van der Waals surface area (Å²) in [5, 5.41) is 24.6. The fourth-order valence-corrected chi connectivity index (χ4v) is 14.5. The average Bonchev–Trinajstić information content (AvgIpc) is 1.61. The highest BCUT2D eigenvalue weighted by atomic mass is 16.5. The van der Waals surface area contributed by atoms with E-state index in [4.69, 9.17) is 39.7 Å². The molecule has 91 heavy (non-hydrogen) atoms. The van der Waals surface area contributed by atoms with Gasteiger partial charge in [0.05, 0.1) is 54.8 Å². The predicted molar refractivity (Wildman–Crippen MR) is 364 cm³/mol. The maximum Gasteiger partial charge on any atom is 0.187 e. The Bertz CT molecular complexity index is 4630. The number of benzene rings is 10. The van der Waals surface area contributed by atoms with Gasteiger partial charge in [0.2, 0.25) is 0 Å². The first kappa shape index (κ1) is 60.1. The third-order valence-corrected chi connectivity index (χ3v) is 19.2. The Kier molecular flexibility index (Phi) is 15.3. The van der Waals surface area contributed by atoms with Crippen molar-refractivity contribution in [2.75, 3.05) is 35.0 Å². The Morgan fingerprint density at radius 2 is 0.890 bits per heavy atom. The molecule has 0 bridgehead atoms. The number of rotatable bonds is 14. The van der Waals surface area contributed by atoms with Gasteiger partial charge in [0.25, 0.3) is 0 Å². The van der Waals surface area contributed by atoms with E-state index >= 15 is 0 Å². The van der Waals surface area contributed by atoms with Crippen LogP contribution >= 0.6 is 0 Å². The minimum atomic E-state index is -0.974. The number of methoxy groups -OCH3 is 4. The molecule has 2 unspecified atom stereocenters. The molecule has 10 nitrogen and oxygen atoms in total. The van der Waals surface area contributed by atoms with Crippen molar-refractivity contribution in [1.82, 2.24) is 0 Å². The number of aliphatic hydroxyl groups is 2. The van der Waals surface area contributed by atoms with Crippen LogP contribution in [0.15, 0.2) is 170 Å². The van der Waals surface area contributed by atoms with Crippen molar-refractivity contribution in [2.24, 2.45) is 0 Å². The second kappa shape index (κ2) is 23.2. The van der Waals surface area contributed by atoms with E-state index in [1.165, 1.54) is 33.4 Å². The molecule has 2 aliphatic heterocycles. The average molecular weight is 1210 g/mol. The molecule has 4 aliphatic rings. The molecule has 0 fully saturated rings. The lowest BCUT2D eigenvalue weighted by Gasteiger charge is -2.38. The predicted octanol–water partition coefficient (Wildman–Crippen LogP) is 18.4. The molecule has 0 saturated carbocycles. The number of hydrogen-bond donors (Lipinski definition) is 2. The van der Waals surface area contributed by atoms with Crippen LogP contribution in [0, 0.1) is 20.4 Å². The highest BCUT2D eigenvalue weighted by Crippen LogP contribution is 2.61. The Hall–Kier alpha value is -9.79. The molecular formula is C81H75NO9. The molecule has 10 aromatic rings. The minimum absolute atomic E-state index is 0.116. The van der Waals surface area contributed by atoms with E-state index in [0.29, 0.717) is 29.4 Å². The summed E-state index contributed by atoms with van der Waals surface area (Å²) in [6, 6.07) is 53.7. The highest BCUT2D eigenvalue weighted by molar-refractivity contribution is 6.11. The van der Waals surface area contributed by atoms with E-state index in [9.17, 15) is 10.2 Å². The third-order valence-electron chi connectivity index (χ3n) is 19.2. The molecule has 0 saturated heterocycles. The molecular weight excluding hydrogens is 1130 g/mol. The van der Waals surface area contributed by atoms with Crippen LogP contribution in [0.4, 0.5) is 5.69 Å². The summed E-state index contributed by atoms with van der Waals surface area (Å²) in [6.07, 6.45) is 10.9. The van der Waals surface area contributed by atoms with Gasteiger partial charge in [0, 0.05) is 66.1 Å². The molecule has 2 heterocycles. The van der Waals surface area contributed by atoms with Crippen LogP contribution in [-0.2, 0) is 35.2 Å². The molecule has 0 aromatic heterocycles. The molecule has 2 N–H and O–H groups in total. The monoisotopic (exact) mass is 1210 g/mol. The lowest BCUT2D eigenvalue weighted by molar-refractivity contribution is 0.163. The van der Waals surface area contributed by atoms with Gasteiger partial charge in [-0.25, -0.2) is 4.85 Å².